The molecule has 0 aliphatic carbocycles. The van der Waals surface area contributed by atoms with Crippen molar-refractivity contribution >= 4 is 40.3 Å². The average Bonchev–Trinajstić information content (AvgIpc) is 3.05. The maximum absolute atomic E-state index is 11.5. The largest absolute Gasteiger partial charge is 0.460 e. The van der Waals surface area contributed by atoms with Gasteiger partial charge in [-0.25, -0.2) is 0 Å². The van der Waals surface area contributed by atoms with Crippen LogP contribution in [0, 0.1) is 6.92 Å². The molecule has 2 aromatic rings. The van der Waals surface area contributed by atoms with Gasteiger partial charge in [-0.05, 0) is 24.6 Å². The van der Waals surface area contributed by atoms with Crippen molar-refractivity contribution in [2.24, 2.45) is 0 Å². The van der Waals surface area contributed by atoms with Crippen LogP contribution in [-0.2, 0) is 11.3 Å². The van der Waals surface area contributed by atoms with Gasteiger partial charge in [0.1, 0.15) is 15.8 Å². The normalized spacial score (nSPS) is 16.9. The first-order valence-electron chi connectivity index (χ1n) is 5.93. The molecule has 7 heteroatoms. The van der Waals surface area contributed by atoms with Gasteiger partial charge >= 0.3 is 0 Å². The molecule has 20 heavy (non-hydrogen) atoms. The van der Waals surface area contributed by atoms with Gasteiger partial charge in [-0.3, -0.25) is 9.48 Å². The van der Waals surface area contributed by atoms with E-state index in [9.17, 15) is 4.79 Å². The zero-order chi connectivity index (χ0) is 14.1. The summed E-state index contributed by atoms with van der Waals surface area (Å²) in [5.41, 5.74) is 1.10. The van der Waals surface area contributed by atoms with Crippen LogP contribution in [0.4, 0.5) is 0 Å². The Kier molecular flexibility index (Phi) is 3.45. The van der Waals surface area contributed by atoms with Crippen molar-refractivity contribution in [3.63, 3.8) is 0 Å². The number of aromatic nitrogens is 2. The molecule has 1 fully saturated rings. The molecule has 3 rings (SSSR count). The summed E-state index contributed by atoms with van der Waals surface area (Å²) >= 11 is 6.17. The van der Waals surface area contributed by atoms with Gasteiger partial charge in [-0.15, -0.1) is 0 Å². The summed E-state index contributed by atoms with van der Waals surface area (Å²) in [5.74, 6) is 1.23. The van der Waals surface area contributed by atoms with Gasteiger partial charge < -0.3 is 9.73 Å². The summed E-state index contributed by atoms with van der Waals surface area (Å²) in [7, 11) is 0. The molecule has 102 valence electrons. The molecule has 2 aromatic heterocycles. The Bertz CT molecular complexity index is 715. The maximum atomic E-state index is 11.5. The van der Waals surface area contributed by atoms with Crippen molar-refractivity contribution in [3.05, 3.63) is 46.5 Å². The smallest absolute Gasteiger partial charge is 0.263 e. The number of amides is 1. The minimum atomic E-state index is -0.180. The van der Waals surface area contributed by atoms with E-state index >= 15 is 0 Å². The molecule has 1 aliphatic heterocycles. The second kappa shape index (κ2) is 5.26. The number of hydrogen-bond acceptors (Lipinski definition) is 5. The molecular weight excluding hydrogens is 294 g/mol. The fraction of sp³-hybridized carbons (Fsp3) is 0.154. The lowest BCUT2D eigenvalue weighted by molar-refractivity contribution is -0.115. The maximum Gasteiger partial charge on any atom is 0.263 e. The Balaban J connectivity index is 1.75. The van der Waals surface area contributed by atoms with Crippen LogP contribution in [0.25, 0.3) is 6.08 Å². The van der Waals surface area contributed by atoms with Crippen LogP contribution in [0.2, 0.25) is 0 Å². The van der Waals surface area contributed by atoms with E-state index in [-0.39, 0.29) is 5.91 Å². The summed E-state index contributed by atoms with van der Waals surface area (Å²) in [6.07, 6.45) is 5.43. The summed E-state index contributed by atoms with van der Waals surface area (Å²) in [6, 6.07) is 3.70. The van der Waals surface area contributed by atoms with E-state index in [1.165, 1.54) is 11.8 Å². The monoisotopic (exact) mass is 305 g/mol. The Morgan fingerprint density at radius 1 is 1.55 bits per heavy atom. The average molecular weight is 305 g/mol. The minimum Gasteiger partial charge on any atom is -0.460 e. The molecule has 0 atom stereocenters. The molecule has 0 unspecified atom stereocenters. The lowest BCUT2D eigenvalue weighted by Gasteiger charge is -1.96. The summed E-state index contributed by atoms with van der Waals surface area (Å²) < 4.78 is 7.94. The zero-order valence-electron chi connectivity index (χ0n) is 10.6. The number of aryl methyl sites for hydroxylation is 1. The number of thiocarbonyl (C=S) groups is 1. The lowest BCUT2D eigenvalue weighted by atomic mass is 10.3. The highest BCUT2D eigenvalue weighted by atomic mass is 32.2. The molecule has 1 amide bonds. The van der Waals surface area contributed by atoms with Crippen LogP contribution in [0.3, 0.4) is 0 Å². The lowest BCUT2D eigenvalue weighted by Crippen LogP contribution is -2.17. The van der Waals surface area contributed by atoms with Gasteiger partial charge in [0.05, 0.1) is 17.6 Å². The van der Waals surface area contributed by atoms with Crippen molar-refractivity contribution in [2.45, 2.75) is 13.5 Å². The van der Waals surface area contributed by atoms with Gasteiger partial charge in [-0.2, -0.15) is 5.10 Å². The first kappa shape index (κ1) is 13.1. The number of carbonyl (C=O) groups is 1. The fourth-order valence-corrected chi connectivity index (χ4v) is 2.84. The van der Waals surface area contributed by atoms with Crippen LogP contribution in [0.5, 0.6) is 0 Å². The summed E-state index contributed by atoms with van der Waals surface area (Å²) in [6.45, 7) is 2.55. The van der Waals surface area contributed by atoms with Crippen LogP contribution < -0.4 is 5.32 Å². The van der Waals surface area contributed by atoms with Crippen LogP contribution >= 0.6 is 24.0 Å². The van der Waals surface area contributed by atoms with Gasteiger partial charge in [-0.1, -0.05) is 24.0 Å². The molecule has 1 aliphatic rings. The van der Waals surface area contributed by atoms with Crippen molar-refractivity contribution < 1.29 is 9.21 Å². The first-order chi connectivity index (χ1) is 9.60. The van der Waals surface area contributed by atoms with E-state index in [4.69, 9.17) is 16.6 Å². The number of thioether (sulfide) groups is 1. The highest BCUT2D eigenvalue weighted by molar-refractivity contribution is 8.26. The number of nitrogens with zero attached hydrogens (tertiary/aromatic N) is 2. The van der Waals surface area contributed by atoms with Crippen molar-refractivity contribution in [3.8, 4) is 0 Å². The summed E-state index contributed by atoms with van der Waals surface area (Å²) in [4.78, 5) is 12.1. The Morgan fingerprint density at radius 3 is 3.05 bits per heavy atom. The van der Waals surface area contributed by atoms with Gasteiger partial charge in [0.25, 0.3) is 5.91 Å². The van der Waals surface area contributed by atoms with E-state index in [0.717, 1.165) is 11.3 Å². The van der Waals surface area contributed by atoms with Crippen molar-refractivity contribution in [2.75, 3.05) is 0 Å². The second-order valence-corrected chi connectivity index (χ2v) is 6.09. The standard InChI is InChI=1S/C13H11N3O2S2/c1-8-5-14-16(6-8)7-10-3-2-9(18-10)4-11-12(17)15-13(19)20-11/h2-6H,7H2,1H3,(H,15,17,19)/b11-4-. The predicted molar refractivity (Wildman–Crippen MR) is 81.1 cm³/mol. The van der Waals surface area contributed by atoms with E-state index in [0.29, 0.717) is 21.5 Å². The SMILES string of the molecule is Cc1cnn(Cc2ccc(/C=C3\SC(=S)NC3=O)o2)c1. The first-order valence-corrected chi connectivity index (χ1v) is 7.15. The zero-order valence-corrected chi connectivity index (χ0v) is 12.3. The molecule has 0 aromatic carbocycles. The van der Waals surface area contributed by atoms with Gasteiger partial charge in [0, 0.05) is 12.3 Å². The Morgan fingerprint density at radius 2 is 2.40 bits per heavy atom. The highest BCUT2D eigenvalue weighted by Gasteiger charge is 2.22. The second-order valence-electron chi connectivity index (χ2n) is 4.37. The van der Waals surface area contributed by atoms with Crippen LogP contribution in [-0.4, -0.2) is 20.0 Å². The van der Waals surface area contributed by atoms with Crippen LogP contribution in [0.15, 0.2) is 33.8 Å². The quantitative estimate of drug-likeness (QED) is 0.696. The molecule has 0 radical (unpaired) electrons. The molecule has 5 nitrogen and oxygen atoms in total. The molecule has 0 saturated carbocycles. The van der Waals surface area contributed by atoms with Gasteiger partial charge in [0.15, 0.2) is 0 Å². The van der Waals surface area contributed by atoms with Crippen molar-refractivity contribution in [1.82, 2.24) is 15.1 Å². The Hall–Kier alpha value is -1.86. The number of hydrogen-bond donors (Lipinski definition) is 1. The number of rotatable bonds is 3. The van der Waals surface area contributed by atoms with Crippen molar-refractivity contribution in [1.29, 1.82) is 0 Å². The number of furan rings is 1. The third-order valence-electron chi connectivity index (χ3n) is 2.68. The molecule has 0 bridgehead atoms. The number of carbonyl (C=O) groups excluding carboxylic acids is 1. The van der Waals surface area contributed by atoms with E-state index in [2.05, 4.69) is 10.4 Å². The topological polar surface area (TPSA) is 60.1 Å². The van der Waals surface area contributed by atoms with E-state index < -0.39 is 0 Å². The molecular formula is C13H11N3O2S2. The number of nitrogens with one attached hydrogen (secondary N) is 1. The molecule has 0 spiro atoms. The minimum absolute atomic E-state index is 0.180. The molecule has 3 heterocycles. The summed E-state index contributed by atoms with van der Waals surface area (Å²) in [5, 5.41) is 6.77. The highest BCUT2D eigenvalue weighted by Crippen LogP contribution is 2.26. The Labute approximate surface area is 125 Å². The molecule has 1 saturated heterocycles. The third-order valence-corrected chi connectivity index (χ3v) is 3.84. The van der Waals surface area contributed by atoms with E-state index in [1.54, 1.807) is 17.0 Å². The third kappa shape index (κ3) is 2.83. The van der Waals surface area contributed by atoms with E-state index in [1.807, 2.05) is 25.3 Å². The van der Waals surface area contributed by atoms with Crippen LogP contribution in [0.1, 0.15) is 17.1 Å². The fourth-order valence-electron chi connectivity index (χ4n) is 1.82. The molecule has 1 N–H and O–H groups in total. The predicted octanol–water partition coefficient (Wildman–Crippen LogP) is 2.32. The van der Waals surface area contributed by atoms with Gasteiger partial charge in [0.2, 0.25) is 0 Å².